The predicted molar refractivity (Wildman–Crippen MR) is 248 cm³/mol. The van der Waals surface area contributed by atoms with Gasteiger partial charge in [0.1, 0.15) is 85.0 Å². The van der Waals surface area contributed by atoms with Crippen LogP contribution >= 0.6 is 0 Å². The van der Waals surface area contributed by atoms with E-state index >= 15 is 0 Å². The van der Waals surface area contributed by atoms with Crippen molar-refractivity contribution in [3.8, 4) is 0 Å². The van der Waals surface area contributed by atoms with E-state index in [1.165, 1.54) is 11.1 Å². The average molecular weight is 1050 g/mol. The number of fused-ring (bicyclic) bond motifs is 5. The van der Waals surface area contributed by atoms with Gasteiger partial charge in [0.2, 0.25) is 0 Å². The van der Waals surface area contributed by atoms with E-state index in [1.807, 2.05) is 13.8 Å². The maximum absolute atomic E-state index is 13.0. The topological polar surface area (TPSA) is 343 Å². The molecule has 0 unspecified atom stereocenters. The first-order chi connectivity index (χ1) is 34.4. The second-order valence-corrected chi connectivity index (χ2v) is 23.8. The lowest BCUT2D eigenvalue weighted by Gasteiger charge is -2.63. The largest absolute Gasteiger partial charge is 0.396 e. The number of aliphatic hydroxyl groups is 12. The van der Waals surface area contributed by atoms with Crippen LogP contribution in [0.15, 0.2) is 11.1 Å². The molecule has 22 nitrogen and oxygen atoms in total. The van der Waals surface area contributed by atoms with Gasteiger partial charge in [0, 0.05) is 17.3 Å². The summed E-state index contributed by atoms with van der Waals surface area (Å²) in [6.45, 7) is 9.67. The number of carbonyl (C=O) groups is 1. The summed E-state index contributed by atoms with van der Waals surface area (Å²) in [7, 11) is 0. The maximum atomic E-state index is 13.0. The zero-order valence-electron chi connectivity index (χ0n) is 42.8. The molecule has 12 N–H and O–H groups in total. The van der Waals surface area contributed by atoms with Crippen LogP contribution in [0.3, 0.4) is 0 Å². The number of Topliss-reactive ketones (excluding diaryl/α,β-unsaturated/α-hetero) is 1. The van der Waals surface area contributed by atoms with Crippen LogP contribution in [-0.2, 0) is 47.4 Å². The molecule has 2 saturated carbocycles. The second kappa shape index (κ2) is 20.7. The summed E-state index contributed by atoms with van der Waals surface area (Å²) >= 11 is 0. The number of carbonyl (C=O) groups excluding carboxylic acids is 1. The number of hydrogen-bond acceptors (Lipinski definition) is 22. The van der Waals surface area contributed by atoms with E-state index in [9.17, 15) is 66.1 Å². The molecule has 5 saturated heterocycles. The predicted octanol–water partition coefficient (Wildman–Crippen LogP) is -1.83. The van der Waals surface area contributed by atoms with Gasteiger partial charge in [-0.2, -0.15) is 0 Å². The van der Waals surface area contributed by atoms with Crippen molar-refractivity contribution in [2.45, 2.75) is 228 Å². The standard InChI is InChI=1S/C51H82O22/c1-7-26(55)28-16-23(2)51(73-28)15-14-48(5)25-8-9-31-46(3,24(25)10-13-49(48,51)6)12-11-32(47(31,4)20-53)70-42-38(62)36(60)35(59)30(69-42)19-66-43-39(33(57)27(56)18-65-43)71-44-40(37(61)34(58)29(17-52)68-44)72-45-41(63)50(64,21-54)22-67-45/h23,27-45,52-54,56-64H,7-22H2,1-6H3/t23-,27+,28-,29-,30-,31-,32+,33+,34-,35-,36+,37+,38-,39-,40-,41+,42+,43+,44+,45+,46-,47-,48+,49+,50-,51+/m1/s1. The van der Waals surface area contributed by atoms with Crippen LogP contribution in [0.2, 0.25) is 0 Å². The molecule has 1 spiro atoms. The third-order valence-corrected chi connectivity index (χ3v) is 20.2. The molecule has 9 rings (SSSR count). The Morgan fingerprint density at radius 3 is 2.05 bits per heavy atom. The van der Waals surface area contributed by atoms with Gasteiger partial charge in [-0.05, 0) is 80.5 Å². The Morgan fingerprint density at radius 2 is 1.38 bits per heavy atom. The highest BCUT2D eigenvalue weighted by atomic mass is 16.8. The molecule has 0 amide bonds. The summed E-state index contributed by atoms with van der Waals surface area (Å²) in [4.78, 5) is 13.0. The summed E-state index contributed by atoms with van der Waals surface area (Å²) in [5.74, 6) is 0.377. The second-order valence-electron chi connectivity index (χ2n) is 23.8. The van der Waals surface area contributed by atoms with Crippen molar-refractivity contribution in [1.29, 1.82) is 0 Å². The normalized spacial score (nSPS) is 54.1. The molecule has 4 aliphatic carbocycles. The Bertz CT molecular complexity index is 2010. The summed E-state index contributed by atoms with van der Waals surface area (Å²) in [6, 6.07) is 0. The summed E-state index contributed by atoms with van der Waals surface area (Å²) in [6.07, 6.45) is -20.4. The number of allylic oxidation sites excluding steroid dienone is 2. The summed E-state index contributed by atoms with van der Waals surface area (Å²) in [5.41, 5.74) is -1.03. The number of ketones is 1. The molecule has 73 heavy (non-hydrogen) atoms. The lowest BCUT2D eigenvalue weighted by molar-refractivity contribution is -0.378. The lowest BCUT2D eigenvalue weighted by Crippen LogP contribution is -2.65. The van der Waals surface area contributed by atoms with Gasteiger partial charge < -0.3 is 104 Å². The van der Waals surface area contributed by atoms with Crippen LogP contribution < -0.4 is 0 Å². The minimum atomic E-state index is -2.14. The van der Waals surface area contributed by atoms with Crippen LogP contribution in [0.25, 0.3) is 0 Å². The molecule has 0 aromatic rings. The van der Waals surface area contributed by atoms with Crippen LogP contribution in [0.4, 0.5) is 0 Å². The average Bonchev–Trinajstić information content (AvgIpc) is 3.96. The SMILES string of the molecule is CCC(=O)[C@H]1C[C@@H](C)[C@]2(CC[C@@]3(C)C4=C(CC[C@@]32C)[C@@]2(C)CC[C@H](O[C@@H]3O[C@H](CO[C@@H]5OC[C@H](O)[C@H](O)[C@H]5O[C@@H]5O[C@H](CO)[C@@H](O)[C@H](O)[C@H]5O[C@@H]5OC[C@](O)(CO)[C@H]5O)[C@@H](O)[C@H](O)[C@H]3O)[C@](C)(CO)[C@@H]2CC4)O1. The highest BCUT2D eigenvalue weighted by Gasteiger charge is 2.72. The molecule has 0 bridgehead atoms. The minimum Gasteiger partial charge on any atom is -0.396 e. The Labute approximate surface area is 425 Å². The molecular formula is C51H82O22. The van der Waals surface area contributed by atoms with E-state index in [1.54, 1.807) is 0 Å². The quantitative estimate of drug-likeness (QED) is 0.0852. The zero-order valence-corrected chi connectivity index (χ0v) is 42.8. The Hall–Kier alpha value is -1.43. The van der Waals surface area contributed by atoms with E-state index in [0.717, 1.165) is 44.9 Å². The first-order valence-corrected chi connectivity index (χ1v) is 26.5. The minimum absolute atomic E-state index is 0.0359. The van der Waals surface area contributed by atoms with Crippen molar-refractivity contribution < 1.29 is 109 Å². The molecule has 22 heteroatoms. The van der Waals surface area contributed by atoms with Gasteiger partial charge in [-0.25, -0.2) is 0 Å². The van der Waals surface area contributed by atoms with Crippen LogP contribution in [0.5, 0.6) is 0 Å². The van der Waals surface area contributed by atoms with E-state index in [0.29, 0.717) is 19.3 Å². The highest BCUT2D eigenvalue weighted by Crippen LogP contribution is 2.75. The zero-order chi connectivity index (χ0) is 53.0. The molecule has 5 heterocycles. The highest BCUT2D eigenvalue weighted by molar-refractivity contribution is 5.83. The first-order valence-electron chi connectivity index (χ1n) is 26.5. The molecule has 418 valence electrons. The van der Waals surface area contributed by atoms with Crippen molar-refractivity contribution in [2.24, 2.45) is 33.5 Å². The molecule has 0 aromatic carbocycles. The van der Waals surface area contributed by atoms with Crippen molar-refractivity contribution in [3.63, 3.8) is 0 Å². The van der Waals surface area contributed by atoms with Crippen molar-refractivity contribution in [2.75, 3.05) is 39.6 Å². The number of ether oxygens (including phenoxy) is 9. The van der Waals surface area contributed by atoms with Gasteiger partial charge in [-0.1, -0.05) is 52.7 Å². The Kier molecular flexibility index (Phi) is 15.9. The van der Waals surface area contributed by atoms with E-state index < -0.39 is 149 Å². The molecule has 5 aliphatic heterocycles. The fraction of sp³-hybridized carbons (Fsp3) is 0.941. The van der Waals surface area contributed by atoms with Crippen LogP contribution in [0.1, 0.15) is 106 Å². The van der Waals surface area contributed by atoms with E-state index in [2.05, 4.69) is 27.7 Å². The molecule has 9 aliphatic rings. The lowest BCUT2D eigenvalue weighted by atomic mass is 9.42. The number of hydrogen-bond donors (Lipinski definition) is 12. The molecule has 0 aromatic heterocycles. The smallest absolute Gasteiger partial charge is 0.187 e. The molecule has 7 fully saturated rings. The third-order valence-electron chi connectivity index (χ3n) is 20.2. The summed E-state index contributed by atoms with van der Waals surface area (Å²) in [5, 5.41) is 130. The van der Waals surface area contributed by atoms with E-state index in [4.69, 9.17) is 42.6 Å². The molecule has 0 radical (unpaired) electrons. The van der Waals surface area contributed by atoms with Crippen molar-refractivity contribution in [1.82, 2.24) is 0 Å². The van der Waals surface area contributed by atoms with E-state index in [-0.39, 0.29) is 52.2 Å². The molecular weight excluding hydrogens is 965 g/mol. The summed E-state index contributed by atoms with van der Waals surface area (Å²) < 4.78 is 54.3. The van der Waals surface area contributed by atoms with Crippen LogP contribution in [-0.4, -0.2) is 229 Å². The van der Waals surface area contributed by atoms with Gasteiger partial charge in [-0.3, -0.25) is 4.79 Å². The number of aliphatic hydroxyl groups excluding tert-OH is 11. The van der Waals surface area contributed by atoms with Gasteiger partial charge in [-0.15, -0.1) is 0 Å². The fourth-order valence-corrected chi connectivity index (χ4v) is 15.4. The van der Waals surface area contributed by atoms with Gasteiger partial charge in [0.25, 0.3) is 0 Å². The third kappa shape index (κ3) is 8.86. The monoisotopic (exact) mass is 1050 g/mol. The van der Waals surface area contributed by atoms with Crippen molar-refractivity contribution >= 4 is 5.78 Å². The molecule has 26 atom stereocenters. The Balaban J connectivity index is 0.891. The van der Waals surface area contributed by atoms with Crippen molar-refractivity contribution in [3.05, 3.63) is 11.1 Å². The van der Waals surface area contributed by atoms with Gasteiger partial charge in [0.05, 0.1) is 51.3 Å². The Morgan fingerprint density at radius 1 is 0.699 bits per heavy atom. The fourth-order valence-electron chi connectivity index (χ4n) is 15.4. The van der Waals surface area contributed by atoms with Gasteiger partial charge in [0.15, 0.2) is 30.9 Å². The van der Waals surface area contributed by atoms with Gasteiger partial charge >= 0.3 is 0 Å². The number of rotatable bonds is 14. The maximum Gasteiger partial charge on any atom is 0.187 e. The van der Waals surface area contributed by atoms with Crippen LogP contribution in [0, 0.1) is 33.5 Å². The first kappa shape index (κ1) is 56.3.